The minimum Gasteiger partial charge on any atom is -0.369 e. The van der Waals surface area contributed by atoms with E-state index in [4.69, 9.17) is 5.73 Å². The van der Waals surface area contributed by atoms with Gasteiger partial charge in [-0.1, -0.05) is 24.6 Å². The third-order valence-corrected chi connectivity index (χ3v) is 4.84. The average Bonchev–Trinajstić information content (AvgIpc) is 2.44. The van der Waals surface area contributed by atoms with Crippen molar-refractivity contribution >= 4 is 5.69 Å². The number of hydrogen-bond acceptors (Lipinski definition) is 3. The van der Waals surface area contributed by atoms with Gasteiger partial charge in [0.1, 0.15) is 0 Å². The van der Waals surface area contributed by atoms with Gasteiger partial charge in [0, 0.05) is 44.5 Å². The van der Waals surface area contributed by atoms with Crippen LogP contribution in [0, 0.1) is 5.92 Å². The van der Waals surface area contributed by atoms with Crippen molar-refractivity contribution in [2.75, 3.05) is 37.6 Å². The molecule has 0 spiro atoms. The summed E-state index contributed by atoms with van der Waals surface area (Å²) in [4.78, 5) is 5.12. The third-order valence-electron chi connectivity index (χ3n) is 4.84. The van der Waals surface area contributed by atoms with E-state index in [1.165, 1.54) is 24.9 Å². The first-order chi connectivity index (χ1) is 9.38. The lowest BCUT2D eigenvalue weighted by Gasteiger charge is -2.45. The highest BCUT2D eigenvalue weighted by molar-refractivity contribution is 5.46. The number of hydrogen-bond donors (Lipinski definition) is 1. The number of anilines is 1. The summed E-state index contributed by atoms with van der Waals surface area (Å²) < 4.78 is 0. The van der Waals surface area contributed by atoms with Gasteiger partial charge >= 0.3 is 0 Å². The van der Waals surface area contributed by atoms with Crippen LogP contribution in [-0.4, -0.2) is 43.7 Å². The van der Waals surface area contributed by atoms with E-state index < -0.39 is 0 Å². The van der Waals surface area contributed by atoms with Gasteiger partial charge in [-0.25, -0.2) is 0 Å². The molecule has 1 saturated carbocycles. The van der Waals surface area contributed by atoms with Gasteiger partial charge < -0.3 is 10.6 Å². The predicted octanol–water partition coefficient (Wildman–Crippen LogP) is 1.94. The smallest absolute Gasteiger partial charge is 0.0367 e. The molecule has 3 heteroatoms. The Hall–Kier alpha value is -1.06. The van der Waals surface area contributed by atoms with Crippen molar-refractivity contribution in [3.8, 4) is 0 Å². The zero-order valence-electron chi connectivity index (χ0n) is 11.7. The maximum atomic E-state index is 6.00. The summed E-state index contributed by atoms with van der Waals surface area (Å²) in [6.07, 6.45) is 4.19. The molecule has 1 unspecified atom stereocenters. The lowest BCUT2D eigenvalue weighted by molar-refractivity contribution is 0.0951. The first kappa shape index (κ1) is 12.9. The molecule has 1 aliphatic heterocycles. The van der Waals surface area contributed by atoms with E-state index in [-0.39, 0.29) is 0 Å². The molecule has 2 N–H and O–H groups in total. The first-order valence-electron chi connectivity index (χ1n) is 7.62. The minimum atomic E-state index is 0.631. The maximum absolute atomic E-state index is 6.00. The molecule has 1 atom stereocenters. The second kappa shape index (κ2) is 5.93. The molecular weight excluding hydrogens is 234 g/mol. The van der Waals surface area contributed by atoms with Crippen LogP contribution in [0.1, 0.15) is 19.3 Å². The van der Waals surface area contributed by atoms with E-state index in [2.05, 4.69) is 40.1 Å². The van der Waals surface area contributed by atoms with E-state index in [1.54, 1.807) is 0 Å². The van der Waals surface area contributed by atoms with Crippen molar-refractivity contribution in [3.05, 3.63) is 30.3 Å². The normalized spacial score (nSPS) is 23.1. The molecule has 0 bridgehead atoms. The first-order valence-corrected chi connectivity index (χ1v) is 7.62. The Balaban J connectivity index is 1.56. The van der Waals surface area contributed by atoms with Crippen LogP contribution in [0.3, 0.4) is 0 Å². The van der Waals surface area contributed by atoms with Gasteiger partial charge in [0.25, 0.3) is 0 Å². The Bertz CT molecular complexity index is 380. The van der Waals surface area contributed by atoms with Crippen molar-refractivity contribution in [3.63, 3.8) is 0 Å². The molecule has 2 fully saturated rings. The molecule has 0 aromatic heterocycles. The topological polar surface area (TPSA) is 32.5 Å². The summed E-state index contributed by atoms with van der Waals surface area (Å²) in [7, 11) is 0. The van der Waals surface area contributed by atoms with Crippen molar-refractivity contribution in [1.29, 1.82) is 0 Å². The number of piperazine rings is 1. The lowest BCUT2D eigenvalue weighted by Crippen LogP contribution is -2.55. The largest absolute Gasteiger partial charge is 0.369 e. The summed E-state index contributed by atoms with van der Waals surface area (Å²) in [5.41, 5.74) is 7.36. The summed E-state index contributed by atoms with van der Waals surface area (Å²) >= 11 is 0. The van der Waals surface area contributed by atoms with Gasteiger partial charge in [-0.2, -0.15) is 0 Å². The third kappa shape index (κ3) is 2.77. The second-order valence-electron chi connectivity index (χ2n) is 5.85. The molecule has 1 heterocycles. The summed E-state index contributed by atoms with van der Waals surface area (Å²) in [5, 5.41) is 0. The Morgan fingerprint density at radius 3 is 2.26 bits per heavy atom. The SMILES string of the molecule is NCC(C1CCC1)N1CCN(c2ccccc2)CC1. The molecule has 1 aliphatic carbocycles. The molecule has 0 amide bonds. The number of rotatable bonds is 4. The molecule has 1 aromatic rings. The van der Waals surface area contributed by atoms with E-state index in [1.807, 2.05) is 0 Å². The Morgan fingerprint density at radius 1 is 1.05 bits per heavy atom. The van der Waals surface area contributed by atoms with Gasteiger partial charge in [0.05, 0.1) is 0 Å². The van der Waals surface area contributed by atoms with Crippen molar-refractivity contribution in [1.82, 2.24) is 4.90 Å². The molecule has 2 aliphatic rings. The fraction of sp³-hybridized carbons (Fsp3) is 0.625. The lowest BCUT2D eigenvalue weighted by atomic mass is 9.79. The molecule has 1 saturated heterocycles. The standard InChI is InChI=1S/C16H25N3/c17-13-16(14-5-4-6-14)19-11-9-18(10-12-19)15-7-2-1-3-8-15/h1-3,7-8,14,16H,4-6,9-13,17H2. The van der Waals surface area contributed by atoms with Crippen molar-refractivity contribution < 1.29 is 0 Å². The van der Waals surface area contributed by atoms with E-state index in [0.717, 1.165) is 38.6 Å². The maximum Gasteiger partial charge on any atom is 0.0367 e. The molecule has 3 rings (SSSR count). The van der Waals surface area contributed by atoms with Crippen LogP contribution in [0.25, 0.3) is 0 Å². The van der Waals surface area contributed by atoms with Gasteiger partial charge in [0.2, 0.25) is 0 Å². The van der Waals surface area contributed by atoms with E-state index in [9.17, 15) is 0 Å². The molecule has 104 valence electrons. The quantitative estimate of drug-likeness (QED) is 0.897. The fourth-order valence-corrected chi connectivity index (χ4v) is 3.41. The molecule has 0 radical (unpaired) electrons. The molecule has 19 heavy (non-hydrogen) atoms. The predicted molar refractivity (Wildman–Crippen MR) is 80.4 cm³/mol. The number of para-hydroxylation sites is 1. The van der Waals surface area contributed by atoms with Crippen molar-refractivity contribution in [2.45, 2.75) is 25.3 Å². The van der Waals surface area contributed by atoms with E-state index in [0.29, 0.717) is 6.04 Å². The van der Waals surface area contributed by atoms with Gasteiger partial charge in [-0.15, -0.1) is 0 Å². The van der Waals surface area contributed by atoms with Crippen LogP contribution in [0.2, 0.25) is 0 Å². The Morgan fingerprint density at radius 2 is 1.74 bits per heavy atom. The van der Waals surface area contributed by atoms with Gasteiger partial charge in [-0.3, -0.25) is 4.90 Å². The van der Waals surface area contributed by atoms with Crippen LogP contribution in [0.15, 0.2) is 30.3 Å². The highest BCUT2D eigenvalue weighted by atomic mass is 15.3. The van der Waals surface area contributed by atoms with Crippen LogP contribution in [0.4, 0.5) is 5.69 Å². The minimum absolute atomic E-state index is 0.631. The highest BCUT2D eigenvalue weighted by Crippen LogP contribution is 2.32. The molecular formula is C16H25N3. The zero-order valence-corrected chi connectivity index (χ0v) is 11.7. The molecule has 1 aromatic carbocycles. The number of nitrogens with zero attached hydrogens (tertiary/aromatic N) is 2. The number of nitrogens with two attached hydrogens (primary N) is 1. The van der Waals surface area contributed by atoms with Crippen LogP contribution >= 0.6 is 0 Å². The van der Waals surface area contributed by atoms with Crippen LogP contribution < -0.4 is 10.6 Å². The fourth-order valence-electron chi connectivity index (χ4n) is 3.41. The van der Waals surface area contributed by atoms with Crippen molar-refractivity contribution in [2.24, 2.45) is 11.7 Å². The number of benzene rings is 1. The average molecular weight is 259 g/mol. The van der Waals surface area contributed by atoms with Crippen LogP contribution in [-0.2, 0) is 0 Å². The second-order valence-corrected chi connectivity index (χ2v) is 5.85. The monoisotopic (exact) mass is 259 g/mol. The summed E-state index contributed by atoms with van der Waals surface area (Å²) in [5.74, 6) is 0.869. The Kier molecular flexibility index (Phi) is 4.04. The van der Waals surface area contributed by atoms with Gasteiger partial charge in [-0.05, 0) is 30.9 Å². The highest BCUT2D eigenvalue weighted by Gasteiger charge is 2.32. The zero-order chi connectivity index (χ0) is 13.1. The summed E-state index contributed by atoms with van der Waals surface area (Å²) in [6.45, 7) is 5.41. The summed E-state index contributed by atoms with van der Waals surface area (Å²) in [6, 6.07) is 11.4. The van der Waals surface area contributed by atoms with Crippen LogP contribution in [0.5, 0.6) is 0 Å². The van der Waals surface area contributed by atoms with Gasteiger partial charge in [0.15, 0.2) is 0 Å². The molecule has 3 nitrogen and oxygen atoms in total. The Labute approximate surface area is 116 Å². The van der Waals surface area contributed by atoms with E-state index >= 15 is 0 Å².